The summed E-state index contributed by atoms with van der Waals surface area (Å²) in [6.07, 6.45) is 2.26. The average molecular weight is 274 g/mol. The second-order valence-corrected chi connectivity index (χ2v) is 4.74. The number of furan rings is 1. The number of hydrogen-bond donors (Lipinski definition) is 1. The normalized spacial score (nSPS) is 12.1. The highest BCUT2D eigenvalue weighted by atomic mass is 16.5. The first-order chi connectivity index (χ1) is 9.61. The van der Waals surface area contributed by atoms with Crippen molar-refractivity contribution in [1.29, 1.82) is 0 Å². The third-order valence-corrected chi connectivity index (χ3v) is 3.33. The number of rotatable bonds is 6. The molecule has 1 aromatic carbocycles. The summed E-state index contributed by atoms with van der Waals surface area (Å²) in [6.45, 7) is 4.51. The van der Waals surface area contributed by atoms with Crippen molar-refractivity contribution in [1.82, 2.24) is 0 Å². The Balaban J connectivity index is 2.08. The molecule has 1 unspecified atom stereocenters. The number of benzene rings is 1. The number of carbonyl (C=O) groups is 1. The van der Waals surface area contributed by atoms with Crippen molar-refractivity contribution in [2.24, 2.45) is 0 Å². The van der Waals surface area contributed by atoms with Crippen molar-refractivity contribution >= 4 is 5.97 Å². The van der Waals surface area contributed by atoms with E-state index in [0.29, 0.717) is 11.7 Å². The van der Waals surface area contributed by atoms with E-state index in [9.17, 15) is 4.79 Å². The summed E-state index contributed by atoms with van der Waals surface area (Å²) < 4.78 is 10.9. The highest BCUT2D eigenvalue weighted by molar-refractivity contribution is 5.87. The lowest BCUT2D eigenvalue weighted by Crippen LogP contribution is -2.00. The summed E-state index contributed by atoms with van der Waals surface area (Å²) in [7, 11) is 0. The summed E-state index contributed by atoms with van der Waals surface area (Å²) in [5, 5.41) is 8.83. The maximum Gasteiger partial charge on any atom is 0.338 e. The summed E-state index contributed by atoms with van der Waals surface area (Å²) in [4.78, 5) is 10.8. The van der Waals surface area contributed by atoms with E-state index in [1.54, 1.807) is 0 Å². The molecule has 0 amide bonds. The van der Waals surface area contributed by atoms with Gasteiger partial charge in [-0.3, -0.25) is 0 Å². The molecule has 0 aliphatic heterocycles. The zero-order chi connectivity index (χ0) is 14.5. The lowest BCUT2D eigenvalue weighted by molar-refractivity contribution is 0.0696. The van der Waals surface area contributed by atoms with Crippen LogP contribution in [0.5, 0.6) is 5.75 Å². The molecule has 0 saturated heterocycles. The molecule has 20 heavy (non-hydrogen) atoms. The minimum atomic E-state index is -1.000. The van der Waals surface area contributed by atoms with Gasteiger partial charge in [0.25, 0.3) is 0 Å². The van der Waals surface area contributed by atoms with E-state index in [0.717, 1.165) is 17.7 Å². The molecule has 1 aromatic heterocycles. The Morgan fingerprint density at radius 3 is 2.80 bits per heavy atom. The van der Waals surface area contributed by atoms with Crippen LogP contribution in [0.15, 0.2) is 41.0 Å². The summed E-state index contributed by atoms with van der Waals surface area (Å²) in [6, 6.07) is 9.36. The standard InChI is InChI=1S/C16H18O4/c1-3-11(2)14-6-4-5-7-15(14)20-10-13-8-12(9-19-13)16(17)18/h4-9,11H,3,10H2,1-2H3,(H,17,18). The number of ether oxygens (including phenoxy) is 1. The average Bonchev–Trinajstić information content (AvgIpc) is 2.93. The van der Waals surface area contributed by atoms with E-state index in [1.807, 2.05) is 24.3 Å². The maximum absolute atomic E-state index is 10.8. The number of hydrogen-bond acceptors (Lipinski definition) is 3. The van der Waals surface area contributed by atoms with Gasteiger partial charge in [0.1, 0.15) is 24.4 Å². The predicted molar refractivity (Wildman–Crippen MR) is 75.1 cm³/mol. The molecular weight excluding hydrogens is 256 g/mol. The van der Waals surface area contributed by atoms with Crippen molar-refractivity contribution in [2.75, 3.05) is 0 Å². The van der Waals surface area contributed by atoms with E-state index in [-0.39, 0.29) is 12.2 Å². The smallest absolute Gasteiger partial charge is 0.338 e. The zero-order valence-corrected chi connectivity index (χ0v) is 11.6. The van der Waals surface area contributed by atoms with E-state index < -0.39 is 5.97 Å². The molecule has 2 rings (SSSR count). The number of carboxylic acid groups (broad SMARTS) is 1. The van der Waals surface area contributed by atoms with Crippen molar-refractivity contribution in [3.05, 3.63) is 53.5 Å². The quantitative estimate of drug-likeness (QED) is 0.862. The molecule has 0 saturated carbocycles. The van der Waals surface area contributed by atoms with E-state index in [2.05, 4.69) is 13.8 Å². The molecule has 0 aliphatic carbocycles. The maximum atomic E-state index is 10.8. The van der Waals surface area contributed by atoms with Crippen LogP contribution in [0.1, 0.15) is 47.9 Å². The molecule has 0 radical (unpaired) electrons. The van der Waals surface area contributed by atoms with Crippen LogP contribution >= 0.6 is 0 Å². The van der Waals surface area contributed by atoms with Gasteiger partial charge >= 0.3 is 5.97 Å². The number of para-hydroxylation sites is 1. The van der Waals surface area contributed by atoms with Crippen molar-refractivity contribution in [2.45, 2.75) is 32.8 Å². The van der Waals surface area contributed by atoms with Crippen molar-refractivity contribution in [3.8, 4) is 5.75 Å². The van der Waals surface area contributed by atoms with Gasteiger partial charge in [-0.05, 0) is 30.0 Å². The van der Waals surface area contributed by atoms with E-state index in [1.165, 1.54) is 12.3 Å². The molecule has 0 bridgehead atoms. The van der Waals surface area contributed by atoms with Crippen LogP contribution in [0.25, 0.3) is 0 Å². The Morgan fingerprint density at radius 1 is 1.40 bits per heavy atom. The van der Waals surface area contributed by atoms with Gasteiger partial charge in [0.2, 0.25) is 0 Å². The molecule has 1 atom stereocenters. The van der Waals surface area contributed by atoms with Crippen molar-refractivity contribution < 1.29 is 19.1 Å². The minimum Gasteiger partial charge on any atom is -0.485 e. The monoisotopic (exact) mass is 274 g/mol. The summed E-state index contributed by atoms with van der Waals surface area (Å²) >= 11 is 0. The van der Waals surface area contributed by atoms with Gasteiger partial charge in [-0.1, -0.05) is 32.0 Å². The first-order valence-electron chi connectivity index (χ1n) is 6.64. The van der Waals surface area contributed by atoms with E-state index in [4.69, 9.17) is 14.3 Å². The lowest BCUT2D eigenvalue weighted by atomic mass is 9.98. The zero-order valence-electron chi connectivity index (χ0n) is 11.6. The largest absolute Gasteiger partial charge is 0.485 e. The third-order valence-electron chi connectivity index (χ3n) is 3.33. The van der Waals surface area contributed by atoms with Gasteiger partial charge in [0, 0.05) is 0 Å². The second-order valence-electron chi connectivity index (χ2n) is 4.74. The number of carboxylic acids is 1. The van der Waals surface area contributed by atoms with Crippen LogP contribution in [0, 0.1) is 0 Å². The first-order valence-corrected chi connectivity index (χ1v) is 6.64. The molecular formula is C16H18O4. The van der Waals surface area contributed by atoms with E-state index >= 15 is 0 Å². The second kappa shape index (κ2) is 6.28. The molecule has 2 aromatic rings. The highest BCUT2D eigenvalue weighted by Crippen LogP contribution is 2.29. The Morgan fingerprint density at radius 2 is 2.15 bits per heavy atom. The molecule has 1 heterocycles. The fourth-order valence-electron chi connectivity index (χ4n) is 1.96. The highest BCUT2D eigenvalue weighted by Gasteiger charge is 2.12. The molecule has 106 valence electrons. The van der Waals surface area contributed by atoms with Gasteiger partial charge in [-0.2, -0.15) is 0 Å². The van der Waals surface area contributed by atoms with Gasteiger partial charge in [0.15, 0.2) is 0 Å². The molecule has 4 heteroatoms. The third kappa shape index (κ3) is 3.20. The Hall–Kier alpha value is -2.23. The molecule has 4 nitrogen and oxygen atoms in total. The molecule has 0 fully saturated rings. The lowest BCUT2D eigenvalue weighted by Gasteiger charge is -2.14. The van der Waals surface area contributed by atoms with Crippen LogP contribution in [-0.2, 0) is 6.61 Å². The van der Waals surface area contributed by atoms with Gasteiger partial charge in [0.05, 0.1) is 5.56 Å². The first kappa shape index (κ1) is 14.2. The van der Waals surface area contributed by atoms with Crippen LogP contribution in [-0.4, -0.2) is 11.1 Å². The summed E-state index contributed by atoms with van der Waals surface area (Å²) in [5.41, 5.74) is 1.29. The van der Waals surface area contributed by atoms with Gasteiger partial charge < -0.3 is 14.3 Å². The topological polar surface area (TPSA) is 59.7 Å². The Bertz CT molecular complexity index is 586. The molecule has 0 spiro atoms. The van der Waals surface area contributed by atoms with Crippen molar-refractivity contribution in [3.63, 3.8) is 0 Å². The van der Waals surface area contributed by atoms with Crippen LogP contribution < -0.4 is 4.74 Å². The van der Waals surface area contributed by atoms with Crippen LogP contribution in [0.4, 0.5) is 0 Å². The Kier molecular flexibility index (Phi) is 4.45. The fraction of sp³-hybridized carbons (Fsp3) is 0.312. The molecule has 1 N–H and O–H groups in total. The Labute approximate surface area is 118 Å². The van der Waals surface area contributed by atoms with Crippen LogP contribution in [0.3, 0.4) is 0 Å². The van der Waals surface area contributed by atoms with Crippen LogP contribution in [0.2, 0.25) is 0 Å². The van der Waals surface area contributed by atoms with Gasteiger partial charge in [-0.15, -0.1) is 0 Å². The predicted octanol–water partition coefficient (Wildman–Crippen LogP) is 4.07. The van der Waals surface area contributed by atoms with Gasteiger partial charge in [-0.25, -0.2) is 4.79 Å². The fourth-order valence-corrected chi connectivity index (χ4v) is 1.96. The number of aromatic carboxylic acids is 1. The molecule has 0 aliphatic rings. The SMILES string of the molecule is CCC(C)c1ccccc1OCc1cc(C(=O)O)co1. The minimum absolute atomic E-state index is 0.138. The summed E-state index contributed by atoms with van der Waals surface area (Å²) in [5.74, 6) is 0.730.